The van der Waals surface area contributed by atoms with Crippen LogP contribution in [0.1, 0.15) is 44.2 Å². The monoisotopic (exact) mass is 311 g/mol. The van der Waals surface area contributed by atoms with Crippen molar-refractivity contribution in [1.82, 2.24) is 9.80 Å². The van der Waals surface area contributed by atoms with Crippen molar-refractivity contribution in [3.05, 3.63) is 35.4 Å². The Kier molecular flexibility index (Phi) is 5.35. The molecule has 3 heteroatoms. The topological polar surface area (TPSA) is 30.3 Å². The first-order valence-corrected chi connectivity index (χ1v) is 9.11. The fraction of sp³-hybridized carbons (Fsp3) is 0.650. The van der Waals surface area contributed by atoms with Gasteiger partial charge >= 0.3 is 0 Å². The Hall–Kier alpha value is -1.37. The van der Waals surface area contributed by atoms with E-state index >= 15 is 0 Å². The third kappa shape index (κ3) is 4.56. The summed E-state index contributed by atoms with van der Waals surface area (Å²) in [6, 6.07) is 11.0. The van der Waals surface area contributed by atoms with Crippen molar-refractivity contribution in [1.29, 1.82) is 5.26 Å². The normalized spacial score (nSPS) is 23.7. The molecule has 0 spiro atoms. The number of hydrogen-bond donors (Lipinski definition) is 0. The lowest BCUT2D eigenvalue weighted by molar-refractivity contribution is 0.132. The smallest absolute Gasteiger partial charge is 0.0991 e. The first-order chi connectivity index (χ1) is 11.2. The maximum Gasteiger partial charge on any atom is 0.0991 e. The van der Waals surface area contributed by atoms with Crippen LogP contribution in [0.15, 0.2) is 24.3 Å². The average molecular weight is 311 g/mol. The van der Waals surface area contributed by atoms with Crippen LogP contribution in [0.25, 0.3) is 0 Å². The van der Waals surface area contributed by atoms with Crippen LogP contribution in [-0.2, 0) is 6.54 Å². The lowest BCUT2D eigenvalue weighted by Crippen LogP contribution is -2.45. The highest BCUT2D eigenvalue weighted by molar-refractivity contribution is 5.31. The van der Waals surface area contributed by atoms with E-state index in [0.29, 0.717) is 12.0 Å². The minimum atomic E-state index is 0.677. The zero-order chi connectivity index (χ0) is 16.2. The van der Waals surface area contributed by atoms with E-state index in [4.69, 9.17) is 5.26 Å². The van der Waals surface area contributed by atoms with E-state index in [1.807, 2.05) is 12.1 Å². The zero-order valence-corrected chi connectivity index (χ0v) is 14.5. The molecule has 0 unspecified atom stereocenters. The largest absolute Gasteiger partial charge is 0.299 e. The first kappa shape index (κ1) is 16.5. The Balaban J connectivity index is 1.64. The van der Waals surface area contributed by atoms with Gasteiger partial charge in [-0.2, -0.15) is 5.26 Å². The molecule has 0 bridgehead atoms. The van der Waals surface area contributed by atoms with Crippen LogP contribution in [0.5, 0.6) is 0 Å². The molecular weight excluding hydrogens is 282 g/mol. The van der Waals surface area contributed by atoms with Crippen molar-refractivity contribution < 1.29 is 0 Å². The van der Waals surface area contributed by atoms with Crippen LogP contribution in [0.2, 0.25) is 0 Å². The van der Waals surface area contributed by atoms with Gasteiger partial charge in [0.25, 0.3) is 0 Å². The molecule has 0 N–H and O–H groups in total. The van der Waals surface area contributed by atoms with Gasteiger partial charge in [0.2, 0.25) is 0 Å². The molecular formula is C20H29N3. The third-order valence-corrected chi connectivity index (χ3v) is 5.28. The van der Waals surface area contributed by atoms with Gasteiger partial charge in [0.1, 0.15) is 0 Å². The van der Waals surface area contributed by atoms with Crippen LogP contribution in [0.4, 0.5) is 0 Å². The maximum atomic E-state index is 8.92. The molecule has 3 rings (SSSR count). The molecule has 1 aliphatic heterocycles. The predicted molar refractivity (Wildman–Crippen MR) is 94.0 cm³/mol. The molecule has 1 atom stereocenters. The van der Waals surface area contributed by atoms with Gasteiger partial charge in [-0.25, -0.2) is 0 Å². The number of benzene rings is 1. The lowest BCUT2D eigenvalue weighted by Gasteiger charge is -2.34. The van der Waals surface area contributed by atoms with E-state index in [-0.39, 0.29) is 0 Å². The molecule has 3 nitrogen and oxygen atoms in total. The molecule has 1 aliphatic carbocycles. The van der Waals surface area contributed by atoms with E-state index < -0.39 is 0 Å². The summed E-state index contributed by atoms with van der Waals surface area (Å²) in [5.41, 5.74) is 2.07. The van der Waals surface area contributed by atoms with Gasteiger partial charge < -0.3 is 0 Å². The van der Waals surface area contributed by atoms with Crippen molar-refractivity contribution in [2.75, 3.05) is 26.2 Å². The minimum absolute atomic E-state index is 0.677. The van der Waals surface area contributed by atoms with E-state index in [1.165, 1.54) is 51.0 Å². The molecule has 23 heavy (non-hydrogen) atoms. The molecule has 2 fully saturated rings. The molecule has 0 amide bonds. The molecule has 1 saturated heterocycles. The highest BCUT2D eigenvalue weighted by Gasteiger charge is 2.31. The standard InChI is InChI=1S/C20H29N3/c1-16(2)20-15-22(10-3-11-23(20)14-19-8-9-19)13-18-6-4-17(12-21)5-7-18/h4-7,16,19-20H,3,8-11,13-15H2,1-2H3/t20-/m1/s1. The SMILES string of the molecule is CC(C)[C@H]1CN(Cc2ccc(C#N)cc2)CCCN1CC1CC1. The maximum absolute atomic E-state index is 8.92. The van der Waals surface area contributed by atoms with Gasteiger partial charge in [0.15, 0.2) is 0 Å². The Labute approximate surface area is 140 Å². The number of hydrogen-bond acceptors (Lipinski definition) is 3. The summed E-state index contributed by atoms with van der Waals surface area (Å²) < 4.78 is 0. The van der Waals surface area contributed by atoms with Gasteiger partial charge in [-0.3, -0.25) is 9.80 Å². The number of rotatable bonds is 5. The first-order valence-electron chi connectivity index (χ1n) is 9.11. The van der Waals surface area contributed by atoms with Crippen molar-refractivity contribution in [3.8, 4) is 6.07 Å². The average Bonchev–Trinajstić information content (AvgIpc) is 3.37. The summed E-state index contributed by atoms with van der Waals surface area (Å²) in [5, 5.41) is 8.92. The van der Waals surface area contributed by atoms with Gasteiger partial charge in [-0.15, -0.1) is 0 Å². The molecule has 0 aromatic heterocycles. The van der Waals surface area contributed by atoms with Crippen molar-refractivity contribution in [3.63, 3.8) is 0 Å². The summed E-state index contributed by atoms with van der Waals surface area (Å²) >= 11 is 0. The third-order valence-electron chi connectivity index (χ3n) is 5.28. The highest BCUT2D eigenvalue weighted by Crippen LogP contribution is 2.32. The zero-order valence-electron chi connectivity index (χ0n) is 14.5. The summed E-state index contributed by atoms with van der Waals surface area (Å²) in [4.78, 5) is 5.38. The van der Waals surface area contributed by atoms with Crippen LogP contribution < -0.4 is 0 Å². The molecule has 0 radical (unpaired) electrons. The lowest BCUT2D eigenvalue weighted by atomic mass is 10.0. The minimum Gasteiger partial charge on any atom is -0.299 e. The van der Waals surface area contributed by atoms with Gasteiger partial charge in [-0.05, 0) is 61.9 Å². The van der Waals surface area contributed by atoms with Gasteiger partial charge in [-0.1, -0.05) is 26.0 Å². The highest BCUT2D eigenvalue weighted by atomic mass is 15.2. The summed E-state index contributed by atoms with van der Waals surface area (Å²) in [5.74, 6) is 1.68. The van der Waals surface area contributed by atoms with E-state index in [2.05, 4.69) is 41.8 Å². The quantitative estimate of drug-likeness (QED) is 0.834. The van der Waals surface area contributed by atoms with Crippen LogP contribution >= 0.6 is 0 Å². The van der Waals surface area contributed by atoms with Crippen LogP contribution in [0.3, 0.4) is 0 Å². The molecule has 1 saturated carbocycles. The Morgan fingerprint density at radius 2 is 1.91 bits per heavy atom. The van der Waals surface area contributed by atoms with E-state index in [0.717, 1.165) is 18.0 Å². The van der Waals surface area contributed by atoms with Gasteiger partial charge in [0.05, 0.1) is 11.6 Å². The predicted octanol–water partition coefficient (Wildman–Crippen LogP) is 3.50. The molecule has 124 valence electrons. The Morgan fingerprint density at radius 3 is 2.52 bits per heavy atom. The Morgan fingerprint density at radius 1 is 1.17 bits per heavy atom. The van der Waals surface area contributed by atoms with Crippen molar-refractivity contribution in [2.45, 2.75) is 45.7 Å². The molecule has 1 aromatic carbocycles. The van der Waals surface area contributed by atoms with E-state index in [9.17, 15) is 0 Å². The van der Waals surface area contributed by atoms with Crippen molar-refractivity contribution >= 4 is 0 Å². The second-order valence-corrected chi connectivity index (χ2v) is 7.65. The summed E-state index contributed by atoms with van der Waals surface area (Å²) in [6.07, 6.45) is 4.15. The van der Waals surface area contributed by atoms with Crippen LogP contribution in [0, 0.1) is 23.2 Å². The number of nitrogens with zero attached hydrogens (tertiary/aromatic N) is 3. The molecule has 2 aliphatic rings. The summed E-state index contributed by atoms with van der Waals surface area (Å²) in [6.45, 7) is 10.7. The van der Waals surface area contributed by atoms with Crippen molar-refractivity contribution in [2.24, 2.45) is 11.8 Å². The molecule has 1 aromatic rings. The second kappa shape index (κ2) is 7.47. The summed E-state index contributed by atoms with van der Waals surface area (Å²) in [7, 11) is 0. The van der Waals surface area contributed by atoms with Gasteiger partial charge in [0, 0.05) is 25.7 Å². The second-order valence-electron chi connectivity index (χ2n) is 7.65. The van der Waals surface area contributed by atoms with E-state index in [1.54, 1.807) is 0 Å². The number of nitriles is 1. The Bertz CT molecular complexity index is 539. The fourth-order valence-corrected chi connectivity index (χ4v) is 3.71. The van der Waals surface area contributed by atoms with Crippen LogP contribution in [-0.4, -0.2) is 42.0 Å². The fourth-order valence-electron chi connectivity index (χ4n) is 3.71. The molecule has 1 heterocycles.